The molecule has 0 spiro atoms. The van der Waals surface area contributed by atoms with Crippen LogP contribution in [0.25, 0.3) is 0 Å². The molecule has 1 aromatic heterocycles. The lowest BCUT2D eigenvalue weighted by Crippen LogP contribution is -2.06. The second kappa shape index (κ2) is 3.14. The predicted molar refractivity (Wildman–Crippen MR) is 39.5 cm³/mol. The van der Waals surface area contributed by atoms with Crippen LogP contribution in [-0.2, 0) is 11.8 Å². The van der Waals surface area contributed by atoms with Gasteiger partial charge in [0.25, 0.3) is 0 Å². The third kappa shape index (κ3) is 1.76. The van der Waals surface area contributed by atoms with Crippen LogP contribution in [0.1, 0.15) is 12.6 Å². The summed E-state index contributed by atoms with van der Waals surface area (Å²) in [4.78, 5) is 1.39. The predicted octanol–water partition coefficient (Wildman–Crippen LogP) is 0.177. The Morgan fingerprint density at radius 1 is 1.82 bits per heavy atom. The van der Waals surface area contributed by atoms with E-state index < -0.39 is 0 Å². The zero-order chi connectivity index (χ0) is 8.27. The second-order valence-electron chi connectivity index (χ2n) is 1.98. The molecule has 0 fully saturated rings. The van der Waals surface area contributed by atoms with Gasteiger partial charge in [-0.15, -0.1) is 5.10 Å². The minimum Gasteiger partial charge on any atom is -0.477 e. The number of nitrogens with one attached hydrogen (secondary N) is 1. The molecular formula is C6H10N4O. The summed E-state index contributed by atoms with van der Waals surface area (Å²) in [5.74, 6) is 0.0700. The molecule has 0 saturated heterocycles. The lowest BCUT2D eigenvalue weighted by Gasteiger charge is -1.98. The van der Waals surface area contributed by atoms with Gasteiger partial charge in [-0.2, -0.15) is 9.90 Å². The maximum Gasteiger partial charge on any atom is 0.236 e. The molecule has 0 aromatic carbocycles. The summed E-state index contributed by atoms with van der Waals surface area (Å²) < 4.78 is 4.91. The Hall–Kier alpha value is -1.39. The number of ether oxygens (including phenoxy) is 1. The minimum atomic E-state index is 0.0700. The molecule has 1 heterocycles. The monoisotopic (exact) mass is 154 g/mol. The molecule has 0 amide bonds. The van der Waals surface area contributed by atoms with Crippen molar-refractivity contribution in [2.75, 3.05) is 6.61 Å². The molecule has 5 heteroatoms. The van der Waals surface area contributed by atoms with Gasteiger partial charge in [-0.25, -0.2) is 0 Å². The van der Waals surface area contributed by atoms with Crippen LogP contribution >= 0.6 is 0 Å². The molecule has 0 aliphatic rings. The van der Waals surface area contributed by atoms with Gasteiger partial charge in [-0.3, -0.25) is 5.41 Å². The van der Waals surface area contributed by atoms with Crippen molar-refractivity contribution in [1.82, 2.24) is 15.0 Å². The highest BCUT2D eigenvalue weighted by molar-refractivity contribution is 5.88. The summed E-state index contributed by atoms with van der Waals surface area (Å²) in [5.41, 5.74) is 0.467. The maximum absolute atomic E-state index is 7.30. The van der Waals surface area contributed by atoms with E-state index in [2.05, 4.69) is 10.2 Å². The van der Waals surface area contributed by atoms with Gasteiger partial charge in [0.2, 0.25) is 5.90 Å². The van der Waals surface area contributed by atoms with Crippen molar-refractivity contribution in [3.63, 3.8) is 0 Å². The van der Waals surface area contributed by atoms with E-state index in [1.807, 2.05) is 6.92 Å². The number of hydrogen-bond acceptors (Lipinski definition) is 4. The highest BCUT2D eigenvalue weighted by atomic mass is 16.5. The largest absolute Gasteiger partial charge is 0.477 e. The Morgan fingerprint density at radius 3 is 3.00 bits per heavy atom. The van der Waals surface area contributed by atoms with Crippen molar-refractivity contribution in [1.29, 1.82) is 5.41 Å². The van der Waals surface area contributed by atoms with Crippen molar-refractivity contribution in [2.45, 2.75) is 6.92 Å². The minimum absolute atomic E-state index is 0.0700. The van der Waals surface area contributed by atoms with Gasteiger partial charge in [0, 0.05) is 7.05 Å². The first kappa shape index (κ1) is 7.71. The van der Waals surface area contributed by atoms with Gasteiger partial charge < -0.3 is 4.74 Å². The Labute approximate surface area is 64.5 Å². The summed E-state index contributed by atoms with van der Waals surface area (Å²) >= 11 is 0. The second-order valence-corrected chi connectivity index (χ2v) is 1.98. The summed E-state index contributed by atoms with van der Waals surface area (Å²) in [6, 6.07) is 0. The molecule has 1 N–H and O–H groups in total. The molecule has 60 valence electrons. The summed E-state index contributed by atoms with van der Waals surface area (Å²) in [7, 11) is 1.70. The molecule has 0 bridgehead atoms. The molecule has 11 heavy (non-hydrogen) atoms. The van der Waals surface area contributed by atoms with Crippen LogP contribution in [0.15, 0.2) is 6.20 Å². The summed E-state index contributed by atoms with van der Waals surface area (Å²) in [6.45, 7) is 2.31. The van der Waals surface area contributed by atoms with Gasteiger partial charge in [-0.05, 0) is 6.92 Å². The van der Waals surface area contributed by atoms with Crippen molar-refractivity contribution in [3.8, 4) is 0 Å². The number of aryl methyl sites for hydroxylation is 1. The molecule has 0 aliphatic heterocycles. The third-order valence-corrected chi connectivity index (χ3v) is 1.12. The molecule has 5 nitrogen and oxygen atoms in total. The van der Waals surface area contributed by atoms with Crippen molar-refractivity contribution >= 4 is 5.90 Å². The van der Waals surface area contributed by atoms with Crippen LogP contribution < -0.4 is 0 Å². The van der Waals surface area contributed by atoms with Crippen LogP contribution in [0.2, 0.25) is 0 Å². The highest BCUT2D eigenvalue weighted by Gasteiger charge is 2.04. The first-order chi connectivity index (χ1) is 5.24. The van der Waals surface area contributed by atoms with Crippen LogP contribution in [0, 0.1) is 5.41 Å². The Morgan fingerprint density at radius 2 is 2.55 bits per heavy atom. The first-order valence-corrected chi connectivity index (χ1v) is 3.32. The fourth-order valence-corrected chi connectivity index (χ4v) is 0.668. The fraction of sp³-hybridized carbons (Fsp3) is 0.500. The lowest BCUT2D eigenvalue weighted by atomic mass is 10.5. The van der Waals surface area contributed by atoms with E-state index in [0.717, 1.165) is 0 Å². The van der Waals surface area contributed by atoms with E-state index in [1.165, 1.54) is 11.0 Å². The maximum atomic E-state index is 7.30. The van der Waals surface area contributed by atoms with Crippen molar-refractivity contribution in [2.24, 2.45) is 7.05 Å². The van der Waals surface area contributed by atoms with E-state index >= 15 is 0 Å². The van der Waals surface area contributed by atoms with Crippen LogP contribution in [0.3, 0.4) is 0 Å². The number of aromatic nitrogens is 3. The molecule has 0 unspecified atom stereocenters. The zero-order valence-electron chi connectivity index (χ0n) is 6.53. The molecular weight excluding hydrogens is 144 g/mol. The third-order valence-electron chi connectivity index (χ3n) is 1.12. The van der Waals surface area contributed by atoms with E-state index in [0.29, 0.717) is 12.3 Å². The zero-order valence-corrected chi connectivity index (χ0v) is 6.53. The van der Waals surface area contributed by atoms with Crippen LogP contribution in [0.5, 0.6) is 0 Å². The highest BCUT2D eigenvalue weighted by Crippen LogP contribution is 1.93. The lowest BCUT2D eigenvalue weighted by molar-refractivity contribution is 0.324. The molecule has 1 aromatic rings. The van der Waals surface area contributed by atoms with E-state index in [1.54, 1.807) is 7.05 Å². The number of nitrogens with zero attached hydrogens (tertiary/aromatic N) is 3. The smallest absolute Gasteiger partial charge is 0.236 e. The standard InChI is InChI=1S/C6H10N4O/c1-3-11-6(7)5-4-8-10(2)9-5/h4,7H,3H2,1-2H3. The fourth-order valence-electron chi connectivity index (χ4n) is 0.668. The normalized spacial score (nSPS) is 9.64. The van der Waals surface area contributed by atoms with Gasteiger partial charge in [0.15, 0.2) is 5.69 Å². The Kier molecular flexibility index (Phi) is 2.20. The van der Waals surface area contributed by atoms with Gasteiger partial charge >= 0.3 is 0 Å². The van der Waals surface area contributed by atoms with Gasteiger partial charge in [0.05, 0.1) is 12.8 Å². The molecule has 0 aliphatic carbocycles. The van der Waals surface area contributed by atoms with E-state index in [9.17, 15) is 0 Å². The van der Waals surface area contributed by atoms with E-state index in [-0.39, 0.29) is 5.90 Å². The van der Waals surface area contributed by atoms with Crippen LogP contribution in [-0.4, -0.2) is 27.5 Å². The van der Waals surface area contributed by atoms with E-state index in [4.69, 9.17) is 10.1 Å². The quantitative estimate of drug-likeness (QED) is 0.488. The number of rotatable bonds is 2. The molecule has 0 radical (unpaired) electrons. The summed E-state index contributed by atoms with van der Waals surface area (Å²) in [5, 5.41) is 15.0. The SMILES string of the molecule is CCOC(=N)c1cnn(C)n1. The van der Waals surface area contributed by atoms with Crippen LogP contribution in [0.4, 0.5) is 0 Å². The van der Waals surface area contributed by atoms with Gasteiger partial charge in [0.1, 0.15) is 0 Å². The first-order valence-electron chi connectivity index (χ1n) is 3.32. The average Bonchev–Trinajstić information content (AvgIpc) is 2.36. The average molecular weight is 154 g/mol. The van der Waals surface area contributed by atoms with Gasteiger partial charge in [-0.1, -0.05) is 0 Å². The Bertz CT molecular complexity index is 255. The molecule has 0 atom stereocenters. The Balaban J connectivity index is 2.69. The van der Waals surface area contributed by atoms with Crippen molar-refractivity contribution in [3.05, 3.63) is 11.9 Å². The number of hydrogen-bond donors (Lipinski definition) is 1. The molecule has 1 rings (SSSR count). The summed E-state index contributed by atoms with van der Waals surface area (Å²) in [6.07, 6.45) is 1.50. The van der Waals surface area contributed by atoms with Crippen molar-refractivity contribution < 1.29 is 4.74 Å². The topological polar surface area (TPSA) is 63.8 Å². The molecule has 0 saturated carbocycles.